The molecule has 108 valence electrons. The minimum atomic E-state index is -0.767. The molecular weight excluding hydrogens is 254 g/mol. The summed E-state index contributed by atoms with van der Waals surface area (Å²) in [6, 6.07) is 8.76. The molecule has 0 aliphatic carbocycles. The minimum absolute atomic E-state index is 0.147. The minimum Gasteiger partial charge on any atom is -0.309 e. The summed E-state index contributed by atoms with van der Waals surface area (Å²) in [5, 5.41) is 3.70. The van der Waals surface area contributed by atoms with Crippen molar-refractivity contribution in [2.45, 2.75) is 51.8 Å². The highest BCUT2D eigenvalue weighted by Crippen LogP contribution is 2.21. The fourth-order valence-electron chi connectivity index (χ4n) is 2.17. The molecule has 0 saturated heterocycles. The molecule has 0 aromatic heterocycles. The summed E-state index contributed by atoms with van der Waals surface area (Å²) in [6.07, 6.45) is 2.07. The van der Waals surface area contributed by atoms with Gasteiger partial charge in [0.15, 0.2) is 0 Å². The van der Waals surface area contributed by atoms with E-state index in [1.165, 1.54) is 11.1 Å². The fraction of sp³-hybridized carbons (Fsp3) is 0.625. The van der Waals surface area contributed by atoms with Crippen molar-refractivity contribution in [3.8, 4) is 0 Å². The molecule has 0 aliphatic heterocycles. The van der Waals surface area contributed by atoms with E-state index in [0.29, 0.717) is 0 Å². The maximum absolute atomic E-state index is 12.3. The summed E-state index contributed by atoms with van der Waals surface area (Å²) >= 11 is 0. The standard InChI is InChI=1S/C16H27NOS/c1-5-11-17-16(14(4)19(18)12-6-2)15-9-7-13(3)8-10-15/h7-10,14,16-17H,5-6,11-12H2,1-4H3. The van der Waals surface area contributed by atoms with Crippen LogP contribution in [0.2, 0.25) is 0 Å². The first-order valence-corrected chi connectivity index (χ1v) is 8.65. The van der Waals surface area contributed by atoms with Crippen LogP contribution in [-0.2, 0) is 10.8 Å². The summed E-state index contributed by atoms with van der Waals surface area (Å²) < 4.78 is 12.3. The second-order valence-corrected chi connectivity index (χ2v) is 7.05. The molecule has 0 saturated carbocycles. The Morgan fingerprint density at radius 2 is 1.79 bits per heavy atom. The molecule has 3 atom stereocenters. The molecule has 1 aromatic rings. The van der Waals surface area contributed by atoms with Gasteiger partial charge in [-0.1, -0.05) is 43.7 Å². The Bertz CT molecular complexity index is 388. The predicted molar refractivity (Wildman–Crippen MR) is 85.0 cm³/mol. The van der Waals surface area contributed by atoms with Gasteiger partial charge in [0.1, 0.15) is 0 Å². The maximum Gasteiger partial charge on any atom is 0.0514 e. The van der Waals surface area contributed by atoms with Gasteiger partial charge in [0.2, 0.25) is 0 Å². The lowest BCUT2D eigenvalue weighted by atomic mass is 10.0. The number of hydrogen-bond donors (Lipinski definition) is 1. The molecule has 1 N–H and O–H groups in total. The number of nitrogens with one attached hydrogen (secondary N) is 1. The van der Waals surface area contributed by atoms with Gasteiger partial charge in [0.05, 0.1) is 5.25 Å². The van der Waals surface area contributed by atoms with E-state index in [4.69, 9.17) is 0 Å². The smallest absolute Gasteiger partial charge is 0.0514 e. The van der Waals surface area contributed by atoms with Crippen LogP contribution in [-0.4, -0.2) is 21.8 Å². The summed E-state index contributed by atoms with van der Waals surface area (Å²) in [7, 11) is -0.767. The number of benzene rings is 1. The van der Waals surface area contributed by atoms with Gasteiger partial charge < -0.3 is 5.32 Å². The Morgan fingerprint density at radius 1 is 1.16 bits per heavy atom. The van der Waals surface area contributed by atoms with Crippen LogP contribution in [0.5, 0.6) is 0 Å². The van der Waals surface area contributed by atoms with Crippen LogP contribution in [0.4, 0.5) is 0 Å². The van der Waals surface area contributed by atoms with Gasteiger partial charge in [-0.05, 0) is 38.8 Å². The van der Waals surface area contributed by atoms with Crippen molar-refractivity contribution in [1.82, 2.24) is 5.32 Å². The van der Waals surface area contributed by atoms with Gasteiger partial charge in [-0.3, -0.25) is 4.21 Å². The molecule has 3 heteroatoms. The van der Waals surface area contributed by atoms with Crippen molar-refractivity contribution in [3.63, 3.8) is 0 Å². The monoisotopic (exact) mass is 281 g/mol. The molecule has 19 heavy (non-hydrogen) atoms. The quantitative estimate of drug-likeness (QED) is 0.789. The third kappa shape index (κ3) is 5.07. The molecule has 0 bridgehead atoms. The highest BCUT2D eigenvalue weighted by atomic mass is 32.2. The Kier molecular flexibility index (Phi) is 7.32. The van der Waals surface area contributed by atoms with Crippen LogP contribution in [0.3, 0.4) is 0 Å². The lowest BCUT2D eigenvalue weighted by Crippen LogP contribution is -2.34. The zero-order chi connectivity index (χ0) is 14.3. The van der Waals surface area contributed by atoms with Crippen molar-refractivity contribution in [2.24, 2.45) is 0 Å². The average molecular weight is 281 g/mol. The lowest BCUT2D eigenvalue weighted by Gasteiger charge is -2.25. The van der Waals surface area contributed by atoms with E-state index in [-0.39, 0.29) is 11.3 Å². The zero-order valence-corrected chi connectivity index (χ0v) is 13.4. The largest absolute Gasteiger partial charge is 0.309 e. The Labute approximate surface area is 120 Å². The average Bonchev–Trinajstić information content (AvgIpc) is 2.41. The first-order chi connectivity index (χ1) is 9.10. The number of hydrogen-bond acceptors (Lipinski definition) is 2. The maximum atomic E-state index is 12.3. The van der Waals surface area contributed by atoms with Crippen LogP contribution >= 0.6 is 0 Å². The van der Waals surface area contributed by atoms with Gasteiger partial charge in [-0.25, -0.2) is 0 Å². The number of rotatable bonds is 8. The highest BCUT2D eigenvalue weighted by molar-refractivity contribution is 7.85. The van der Waals surface area contributed by atoms with Crippen molar-refractivity contribution in [2.75, 3.05) is 12.3 Å². The fourth-order valence-corrected chi connectivity index (χ4v) is 3.50. The van der Waals surface area contributed by atoms with E-state index in [1.54, 1.807) is 0 Å². The first kappa shape index (κ1) is 16.4. The molecule has 3 unspecified atom stereocenters. The molecule has 0 radical (unpaired) electrons. The Morgan fingerprint density at radius 3 is 2.32 bits per heavy atom. The van der Waals surface area contributed by atoms with Gasteiger partial charge in [0, 0.05) is 22.6 Å². The van der Waals surface area contributed by atoms with Gasteiger partial charge in [-0.15, -0.1) is 0 Å². The molecule has 0 fully saturated rings. The molecule has 2 nitrogen and oxygen atoms in total. The van der Waals surface area contributed by atoms with E-state index in [1.807, 2.05) is 0 Å². The zero-order valence-electron chi connectivity index (χ0n) is 12.6. The van der Waals surface area contributed by atoms with Crippen molar-refractivity contribution in [3.05, 3.63) is 35.4 Å². The van der Waals surface area contributed by atoms with Crippen molar-refractivity contribution in [1.29, 1.82) is 0 Å². The van der Waals surface area contributed by atoms with E-state index in [9.17, 15) is 4.21 Å². The molecule has 1 rings (SSSR count). The Hall–Kier alpha value is -0.670. The second kappa shape index (κ2) is 8.49. The molecule has 0 spiro atoms. The highest BCUT2D eigenvalue weighted by Gasteiger charge is 2.23. The van der Waals surface area contributed by atoms with Crippen LogP contribution < -0.4 is 5.32 Å². The van der Waals surface area contributed by atoms with Crippen LogP contribution in [0.15, 0.2) is 24.3 Å². The predicted octanol–water partition coefficient (Wildman–Crippen LogP) is 3.58. The normalized spacial score (nSPS) is 16.0. The lowest BCUT2D eigenvalue weighted by molar-refractivity contribution is 0.518. The van der Waals surface area contributed by atoms with E-state index >= 15 is 0 Å². The summed E-state index contributed by atoms with van der Waals surface area (Å²) in [5.41, 5.74) is 2.51. The molecule has 0 aliphatic rings. The SMILES string of the molecule is CCCNC(c1ccc(C)cc1)C(C)S(=O)CCC. The first-order valence-electron chi connectivity index (χ1n) is 7.27. The van der Waals surface area contributed by atoms with Crippen LogP contribution in [0.1, 0.15) is 50.8 Å². The van der Waals surface area contributed by atoms with Crippen molar-refractivity contribution < 1.29 is 4.21 Å². The van der Waals surface area contributed by atoms with E-state index in [0.717, 1.165) is 25.1 Å². The third-order valence-corrected chi connectivity index (χ3v) is 5.25. The number of aryl methyl sites for hydroxylation is 1. The molecule has 0 amide bonds. The topological polar surface area (TPSA) is 29.1 Å². The van der Waals surface area contributed by atoms with Gasteiger partial charge in [0.25, 0.3) is 0 Å². The summed E-state index contributed by atoms with van der Waals surface area (Å²) in [4.78, 5) is 0. The third-order valence-electron chi connectivity index (χ3n) is 3.34. The molecule has 0 heterocycles. The van der Waals surface area contributed by atoms with Crippen LogP contribution in [0, 0.1) is 6.92 Å². The van der Waals surface area contributed by atoms with E-state index < -0.39 is 10.8 Å². The van der Waals surface area contributed by atoms with E-state index in [2.05, 4.69) is 57.3 Å². The second-order valence-electron chi connectivity index (χ2n) is 5.13. The molecule has 1 aromatic carbocycles. The molecular formula is C16H27NOS. The Balaban J connectivity index is 2.87. The van der Waals surface area contributed by atoms with Crippen LogP contribution in [0.25, 0.3) is 0 Å². The summed E-state index contributed by atoms with van der Waals surface area (Å²) in [5.74, 6) is 0.789. The summed E-state index contributed by atoms with van der Waals surface area (Å²) in [6.45, 7) is 9.40. The van der Waals surface area contributed by atoms with Gasteiger partial charge in [-0.2, -0.15) is 0 Å². The van der Waals surface area contributed by atoms with Gasteiger partial charge >= 0.3 is 0 Å². The van der Waals surface area contributed by atoms with Crippen molar-refractivity contribution >= 4 is 10.8 Å².